The Balaban J connectivity index is 4.03. The zero-order chi connectivity index (χ0) is 11.7. The SMILES string of the molecule is CCCC/C(N)=C(/C)C(=O)NCCCN. The predicted octanol–water partition coefficient (Wildman–Crippen LogP) is 0.874. The second-order valence-corrected chi connectivity index (χ2v) is 3.65. The molecule has 0 rings (SSSR count). The Labute approximate surface area is 92.1 Å². The molecule has 0 saturated carbocycles. The minimum atomic E-state index is -0.0722. The highest BCUT2D eigenvalue weighted by atomic mass is 16.1. The lowest BCUT2D eigenvalue weighted by atomic mass is 10.1. The van der Waals surface area contributed by atoms with Crippen molar-refractivity contribution < 1.29 is 4.79 Å². The Morgan fingerprint density at radius 2 is 2.00 bits per heavy atom. The molecule has 15 heavy (non-hydrogen) atoms. The van der Waals surface area contributed by atoms with Crippen molar-refractivity contribution in [2.24, 2.45) is 11.5 Å². The van der Waals surface area contributed by atoms with Crippen LogP contribution in [-0.4, -0.2) is 19.0 Å². The third-order valence-corrected chi connectivity index (χ3v) is 2.29. The van der Waals surface area contributed by atoms with E-state index in [1.165, 1.54) is 0 Å². The zero-order valence-electron chi connectivity index (χ0n) is 9.81. The van der Waals surface area contributed by atoms with Gasteiger partial charge in [-0.25, -0.2) is 0 Å². The second-order valence-electron chi connectivity index (χ2n) is 3.65. The fourth-order valence-electron chi connectivity index (χ4n) is 1.14. The van der Waals surface area contributed by atoms with E-state index < -0.39 is 0 Å². The molecule has 88 valence electrons. The molecule has 4 heteroatoms. The average molecular weight is 213 g/mol. The van der Waals surface area contributed by atoms with Crippen LogP contribution < -0.4 is 16.8 Å². The minimum Gasteiger partial charge on any atom is -0.402 e. The largest absolute Gasteiger partial charge is 0.402 e. The van der Waals surface area contributed by atoms with Gasteiger partial charge in [0.15, 0.2) is 0 Å². The summed E-state index contributed by atoms with van der Waals surface area (Å²) in [4.78, 5) is 11.5. The van der Waals surface area contributed by atoms with Crippen molar-refractivity contribution in [3.8, 4) is 0 Å². The Kier molecular flexibility index (Phi) is 7.72. The van der Waals surface area contributed by atoms with Gasteiger partial charge >= 0.3 is 0 Å². The van der Waals surface area contributed by atoms with Crippen LogP contribution in [0.2, 0.25) is 0 Å². The summed E-state index contributed by atoms with van der Waals surface area (Å²) in [6.07, 6.45) is 3.71. The molecule has 0 aliphatic carbocycles. The van der Waals surface area contributed by atoms with Gasteiger partial charge in [-0.3, -0.25) is 4.79 Å². The summed E-state index contributed by atoms with van der Waals surface area (Å²) in [6, 6.07) is 0. The van der Waals surface area contributed by atoms with Crippen molar-refractivity contribution in [2.45, 2.75) is 39.5 Å². The van der Waals surface area contributed by atoms with Crippen molar-refractivity contribution in [3.05, 3.63) is 11.3 Å². The van der Waals surface area contributed by atoms with Crippen LogP contribution in [0.25, 0.3) is 0 Å². The number of amides is 1. The number of nitrogens with one attached hydrogen (secondary N) is 1. The first-order valence-electron chi connectivity index (χ1n) is 5.57. The fraction of sp³-hybridized carbons (Fsp3) is 0.727. The van der Waals surface area contributed by atoms with Crippen LogP contribution >= 0.6 is 0 Å². The lowest BCUT2D eigenvalue weighted by molar-refractivity contribution is -0.117. The van der Waals surface area contributed by atoms with Gasteiger partial charge in [0.2, 0.25) is 5.91 Å². The lowest BCUT2D eigenvalue weighted by Gasteiger charge is -2.08. The van der Waals surface area contributed by atoms with E-state index in [0.717, 1.165) is 25.7 Å². The number of rotatable bonds is 7. The van der Waals surface area contributed by atoms with Crippen molar-refractivity contribution >= 4 is 5.91 Å². The van der Waals surface area contributed by atoms with Gasteiger partial charge in [-0.15, -0.1) is 0 Å². The molecule has 0 fully saturated rings. The van der Waals surface area contributed by atoms with Crippen molar-refractivity contribution in [3.63, 3.8) is 0 Å². The van der Waals surface area contributed by atoms with Gasteiger partial charge in [0.25, 0.3) is 0 Å². The quantitative estimate of drug-likeness (QED) is 0.433. The molecule has 0 heterocycles. The smallest absolute Gasteiger partial charge is 0.248 e. The van der Waals surface area contributed by atoms with Gasteiger partial charge in [0.05, 0.1) is 0 Å². The number of carbonyl (C=O) groups excluding carboxylic acids is 1. The number of allylic oxidation sites excluding steroid dienone is 1. The normalized spacial score (nSPS) is 12.2. The maximum atomic E-state index is 11.5. The first-order valence-corrected chi connectivity index (χ1v) is 5.57. The first-order chi connectivity index (χ1) is 7.13. The van der Waals surface area contributed by atoms with Gasteiger partial charge in [0, 0.05) is 17.8 Å². The molecule has 0 aromatic heterocycles. The molecule has 0 saturated heterocycles. The van der Waals surface area contributed by atoms with Gasteiger partial charge in [-0.1, -0.05) is 13.3 Å². The lowest BCUT2D eigenvalue weighted by Crippen LogP contribution is -2.28. The molecule has 1 amide bonds. The third kappa shape index (κ3) is 6.12. The summed E-state index contributed by atoms with van der Waals surface area (Å²) in [5.41, 5.74) is 12.5. The van der Waals surface area contributed by atoms with Crippen LogP contribution in [0, 0.1) is 0 Å². The Bertz CT molecular complexity index is 224. The molecule has 4 nitrogen and oxygen atoms in total. The molecule has 0 radical (unpaired) electrons. The maximum absolute atomic E-state index is 11.5. The highest BCUT2D eigenvalue weighted by Gasteiger charge is 2.06. The molecule has 0 bridgehead atoms. The van der Waals surface area contributed by atoms with Crippen LogP contribution in [-0.2, 0) is 4.79 Å². The molecule has 0 aromatic carbocycles. The van der Waals surface area contributed by atoms with E-state index in [0.29, 0.717) is 24.4 Å². The highest BCUT2D eigenvalue weighted by molar-refractivity contribution is 5.93. The number of hydrogen-bond donors (Lipinski definition) is 3. The van der Waals surface area contributed by atoms with E-state index in [2.05, 4.69) is 12.2 Å². The van der Waals surface area contributed by atoms with E-state index in [-0.39, 0.29) is 5.91 Å². The summed E-state index contributed by atoms with van der Waals surface area (Å²) in [6.45, 7) is 5.08. The van der Waals surface area contributed by atoms with Crippen molar-refractivity contribution in [1.29, 1.82) is 0 Å². The minimum absolute atomic E-state index is 0.0722. The predicted molar refractivity (Wildman–Crippen MR) is 63.1 cm³/mol. The fourth-order valence-corrected chi connectivity index (χ4v) is 1.14. The van der Waals surface area contributed by atoms with Crippen molar-refractivity contribution in [1.82, 2.24) is 5.32 Å². The second kappa shape index (κ2) is 8.29. The monoisotopic (exact) mass is 213 g/mol. The molecule has 0 aromatic rings. The van der Waals surface area contributed by atoms with E-state index >= 15 is 0 Å². The van der Waals surface area contributed by atoms with Crippen LogP contribution in [0.5, 0.6) is 0 Å². The Morgan fingerprint density at radius 1 is 1.33 bits per heavy atom. The van der Waals surface area contributed by atoms with Gasteiger partial charge in [-0.05, 0) is 32.7 Å². The van der Waals surface area contributed by atoms with Gasteiger partial charge in [-0.2, -0.15) is 0 Å². The molecule has 5 N–H and O–H groups in total. The van der Waals surface area contributed by atoms with E-state index in [9.17, 15) is 4.79 Å². The number of unbranched alkanes of at least 4 members (excludes halogenated alkanes) is 1. The highest BCUT2D eigenvalue weighted by Crippen LogP contribution is 2.06. The maximum Gasteiger partial charge on any atom is 0.248 e. The molecule has 0 spiro atoms. The summed E-state index contributed by atoms with van der Waals surface area (Å²) in [5, 5.41) is 2.78. The summed E-state index contributed by atoms with van der Waals surface area (Å²) in [7, 11) is 0. The van der Waals surface area contributed by atoms with Crippen LogP contribution in [0.1, 0.15) is 39.5 Å². The molecule has 0 aliphatic heterocycles. The van der Waals surface area contributed by atoms with Crippen LogP contribution in [0.15, 0.2) is 11.3 Å². The van der Waals surface area contributed by atoms with E-state index in [1.807, 2.05) is 0 Å². The van der Waals surface area contributed by atoms with E-state index in [4.69, 9.17) is 11.5 Å². The molecular weight excluding hydrogens is 190 g/mol. The third-order valence-electron chi connectivity index (χ3n) is 2.29. The zero-order valence-corrected chi connectivity index (χ0v) is 9.81. The number of nitrogens with two attached hydrogens (primary N) is 2. The summed E-state index contributed by atoms with van der Waals surface area (Å²) in [5.74, 6) is -0.0722. The average Bonchev–Trinajstić information content (AvgIpc) is 2.24. The summed E-state index contributed by atoms with van der Waals surface area (Å²) >= 11 is 0. The van der Waals surface area contributed by atoms with Crippen molar-refractivity contribution in [2.75, 3.05) is 13.1 Å². The first kappa shape index (κ1) is 14.0. The van der Waals surface area contributed by atoms with Gasteiger partial charge < -0.3 is 16.8 Å². The molecule has 0 unspecified atom stereocenters. The molecule has 0 aliphatic rings. The van der Waals surface area contributed by atoms with Gasteiger partial charge in [0.1, 0.15) is 0 Å². The number of carbonyl (C=O) groups is 1. The Morgan fingerprint density at radius 3 is 2.53 bits per heavy atom. The molecule has 0 atom stereocenters. The number of hydrogen-bond acceptors (Lipinski definition) is 3. The van der Waals surface area contributed by atoms with Crippen LogP contribution in [0.4, 0.5) is 0 Å². The Hall–Kier alpha value is -1.03. The topological polar surface area (TPSA) is 81.1 Å². The standard InChI is InChI=1S/C11H23N3O/c1-3-4-6-10(13)9(2)11(15)14-8-5-7-12/h3-8,12-13H2,1-2H3,(H,14,15)/b10-9+. The van der Waals surface area contributed by atoms with Crippen LogP contribution in [0.3, 0.4) is 0 Å². The molecular formula is C11H23N3O. The summed E-state index contributed by atoms with van der Waals surface area (Å²) < 4.78 is 0. The van der Waals surface area contributed by atoms with E-state index in [1.54, 1.807) is 6.92 Å².